The van der Waals surface area contributed by atoms with Crippen molar-refractivity contribution in [3.8, 4) is 0 Å². The van der Waals surface area contributed by atoms with E-state index in [4.69, 9.17) is 15.2 Å². The van der Waals surface area contributed by atoms with E-state index in [-0.39, 0.29) is 29.3 Å². The number of nitro benzene ring substituents is 1. The molecule has 1 saturated heterocycles. The van der Waals surface area contributed by atoms with Gasteiger partial charge in [0.1, 0.15) is 29.2 Å². The Morgan fingerprint density at radius 2 is 2.04 bits per heavy atom. The van der Waals surface area contributed by atoms with Crippen molar-refractivity contribution in [2.75, 3.05) is 7.11 Å². The molecule has 1 aromatic carbocycles. The van der Waals surface area contributed by atoms with Crippen LogP contribution in [-0.4, -0.2) is 45.7 Å². The molecule has 138 valence electrons. The van der Waals surface area contributed by atoms with Gasteiger partial charge in [-0.3, -0.25) is 19.8 Å². The first-order chi connectivity index (χ1) is 12.3. The van der Waals surface area contributed by atoms with Crippen molar-refractivity contribution in [3.05, 3.63) is 51.2 Å². The number of nitro groups is 1. The zero-order chi connectivity index (χ0) is 19.0. The van der Waals surface area contributed by atoms with Gasteiger partial charge in [0.15, 0.2) is 0 Å². The Labute approximate surface area is 153 Å². The maximum absolute atomic E-state index is 12.6. The van der Waals surface area contributed by atoms with Gasteiger partial charge in [-0.15, -0.1) is 0 Å². The molecule has 0 aromatic heterocycles. The Kier molecular flexibility index (Phi) is 4.99. The highest BCUT2D eigenvalue weighted by Gasteiger charge is 2.53. The minimum Gasteiger partial charge on any atom is -0.456 e. The van der Waals surface area contributed by atoms with Crippen LogP contribution in [0.4, 0.5) is 5.69 Å². The van der Waals surface area contributed by atoms with Crippen molar-refractivity contribution in [1.82, 2.24) is 4.90 Å². The Morgan fingerprint density at radius 1 is 1.38 bits per heavy atom. The Hall–Kier alpha value is -2.43. The highest BCUT2D eigenvalue weighted by atomic mass is 32.2. The van der Waals surface area contributed by atoms with Gasteiger partial charge in [0.25, 0.3) is 5.69 Å². The summed E-state index contributed by atoms with van der Waals surface area (Å²) in [6, 6.07) is 5.01. The van der Waals surface area contributed by atoms with Gasteiger partial charge in [0, 0.05) is 19.2 Å². The number of amides is 1. The van der Waals surface area contributed by atoms with E-state index in [1.54, 1.807) is 6.92 Å². The first-order valence-corrected chi connectivity index (χ1v) is 8.67. The molecule has 1 fully saturated rings. The zero-order valence-corrected chi connectivity index (χ0v) is 14.9. The number of nitrogens with two attached hydrogens (primary N) is 1. The van der Waals surface area contributed by atoms with Gasteiger partial charge in [0.2, 0.25) is 5.91 Å². The minimum atomic E-state index is -0.678. The van der Waals surface area contributed by atoms with Crippen LogP contribution in [0.2, 0.25) is 0 Å². The second-order valence-corrected chi connectivity index (χ2v) is 7.04. The van der Waals surface area contributed by atoms with E-state index < -0.39 is 22.4 Å². The molecule has 2 heterocycles. The molecule has 0 aliphatic carbocycles. The number of hydrogen-bond acceptors (Lipinski definition) is 8. The van der Waals surface area contributed by atoms with Gasteiger partial charge in [-0.25, -0.2) is 4.79 Å². The molecule has 3 atom stereocenters. The molecule has 2 unspecified atom stereocenters. The molecule has 26 heavy (non-hydrogen) atoms. The van der Waals surface area contributed by atoms with Gasteiger partial charge in [-0.2, -0.15) is 0 Å². The van der Waals surface area contributed by atoms with Gasteiger partial charge in [-0.05, 0) is 30.2 Å². The molecule has 10 heteroatoms. The number of rotatable bonds is 5. The lowest BCUT2D eigenvalue weighted by Gasteiger charge is -2.49. The number of β-lactam (4-membered cyclic amide) rings is 1. The third-order valence-corrected chi connectivity index (χ3v) is 5.82. The molecule has 2 aliphatic rings. The van der Waals surface area contributed by atoms with Crippen LogP contribution in [-0.2, 0) is 25.7 Å². The van der Waals surface area contributed by atoms with Crippen molar-refractivity contribution >= 4 is 29.3 Å². The van der Waals surface area contributed by atoms with E-state index in [1.807, 2.05) is 0 Å². The Bertz CT molecular complexity index is 794. The smallest absolute Gasteiger partial charge is 0.355 e. The quantitative estimate of drug-likeness (QED) is 0.349. The first kappa shape index (κ1) is 18.4. The number of esters is 1. The highest BCUT2D eigenvalue weighted by Crippen LogP contribution is 2.43. The van der Waals surface area contributed by atoms with Gasteiger partial charge >= 0.3 is 5.97 Å². The average Bonchev–Trinajstić information content (AvgIpc) is 2.65. The maximum atomic E-state index is 12.6. The predicted molar refractivity (Wildman–Crippen MR) is 92.6 cm³/mol. The van der Waals surface area contributed by atoms with E-state index in [0.29, 0.717) is 11.1 Å². The minimum absolute atomic E-state index is 0.0473. The summed E-state index contributed by atoms with van der Waals surface area (Å²) in [6.45, 7) is 1.63. The summed E-state index contributed by atoms with van der Waals surface area (Å²) < 4.78 is 10.7. The molecule has 1 aromatic rings. The van der Waals surface area contributed by atoms with Crippen LogP contribution < -0.4 is 5.73 Å². The summed E-state index contributed by atoms with van der Waals surface area (Å²) in [5.41, 5.74) is 6.70. The van der Waals surface area contributed by atoms with E-state index in [2.05, 4.69) is 0 Å². The van der Waals surface area contributed by atoms with Crippen molar-refractivity contribution in [3.63, 3.8) is 0 Å². The number of hydrogen-bond donors (Lipinski definition) is 1. The molecule has 2 N–H and O–H groups in total. The SMILES string of the molecule is COC1S[C@@H]2C(N)C(=O)N2C(C(=O)OCc2ccc([N+](=O)[O-])cc2)=C1C. The number of fused-ring (bicyclic) bond motifs is 1. The van der Waals surface area contributed by atoms with Crippen molar-refractivity contribution in [2.45, 2.75) is 30.4 Å². The second kappa shape index (κ2) is 7.06. The maximum Gasteiger partial charge on any atom is 0.355 e. The molecule has 9 nitrogen and oxygen atoms in total. The monoisotopic (exact) mass is 379 g/mol. The van der Waals surface area contributed by atoms with Gasteiger partial charge < -0.3 is 15.2 Å². The third-order valence-electron chi connectivity index (χ3n) is 4.24. The molecule has 0 spiro atoms. The molecule has 0 radical (unpaired) electrons. The zero-order valence-electron chi connectivity index (χ0n) is 14.1. The van der Waals surface area contributed by atoms with Crippen LogP contribution in [0.15, 0.2) is 35.5 Å². The number of thioether (sulfide) groups is 1. The van der Waals surface area contributed by atoms with Crippen LogP contribution in [0, 0.1) is 10.1 Å². The van der Waals surface area contributed by atoms with Crippen LogP contribution >= 0.6 is 11.8 Å². The summed E-state index contributed by atoms with van der Waals surface area (Å²) in [5, 5.41) is 10.3. The Balaban J connectivity index is 1.75. The molecule has 2 aliphatic heterocycles. The normalized spacial score (nSPS) is 24.8. The number of benzene rings is 1. The lowest BCUT2D eigenvalue weighted by Crippen LogP contribution is -2.69. The highest BCUT2D eigenvalue weighted by molar-refractivity contribution is 8.00. The largest absolute Gasteiger partial charge is 0.456 e. The molecular weight excluding hydrogens is 362 g/mol. The number of non-ortho nitro benzene ring substituents is 1. The lowest BCUT2D eigenvalue weighted by atomic mass is 10.0. The average molecular weight is 379 g/mol. The fraction of sp³-hybridized carbons (Fsp3) is 0.375. The number of ether oxygens (including phenoxy) is 2. The molecular formula is C16H17N3O6S. The topological polar surface area (TPSA) is 125 Å². The molecule has 3 rings (SSSR count). The number of carbonyl (C=O) groups excluding carboxylic acids is 2. The Morgan fingerprint density at radius 3 is 2.62 bits per heavy atom. The molecule has 1 amide bonds. The third kappa shape index (κ3) is 3.06. The van der Waals surface area contributed by atoms with Crippen LogP contribution in [0.25, 0.3) is 0 Å². The van der Waals surface area contributed by atoms with E-state index in [1.165, 1.54) is 48.0 Å². The first-order valence-electron chi connectivity index (χ1n) is 7.73. The van der Waals surface area contributed by atoms with Crippen molar-refractivity contribution in [2.24, 2.45) is 5.73 Å². The van der Waals surface area contributed by atoms with Crippen molar-refractivity contribution in [1.29, 1.82) is 0 Å². The summed E-state index contributed by atoms with van der Waals surface area (Å²) in [6.07, 6.45) is 0. The van der Waals surface area contributed by atoms with Crippen LogP contribution in [0.5, 0.6) is 0 Å². The van der Waals surface area contributed by atoms with Gasteiger partial charge in [-0.1, -0.05) is 11.8 Å². The summed E-state index contributed by atoms with van der Waals surface area (Å²) in [7, 11) is 1.52. The number of nitrogens with zero attached hydrogens (tertiary/aromatic N) is 2. The van der Waals surface area contributed by atoms with E-state index in [0.717, 1.165) is 0 Å². The number of methoxy groups -OCH3 is 1. The second-order valence-electron chi connectivity index (χ2n) is 5.86. The van der Waals surface area contributed by atoms with Crippen molar-refractivity contribution < 1.29 is 24.0 Å². The molecule has 0 saturated carbocycles. The van der Waals surface area contributed by atoms with Crippen LogP contribution in [0.3, 0.4) is 0 Å². The van der Waals surface area contributed by atoms with E-state index >= 15 is 0 Å². The fourth-order valence-electron chi connectivity index (χ4n) is 2.82. The standard InChI is InChI=1S/C16H17N3O6S/c1-8-12(18-13(20)11(17)14(18)26-16(8)24-2)15(21)25-7-9-3-5-10(6-4-9)19(22)23/h3-6,11,14,16H,7,17H2,1-2H3/t11?,14-,16?/m1/s1. The summed E-state index contributed by atoms with van der Waals surface area (Å²) in [4.78, 5) is 36.1. The predicted octanol–water partition coefficient (Wildman–Crippen LogP) is 1.13. The fourth-order valence-corrected chi connectivity index (χ4v) is 4.12. The van der Waals surface area contributed by atoms with Crippen LogP contribution in [0.1, 0.15) is 12.5 Å². The van der Waals surface area contributed by atoms with Gasteiger partial charge in [0.05, 0.1) is 4.92 Å². The van der Waals surface area contributed by atoms with E-state index in [9.17, 15) is 19.7 Å². The summed E-state index contributed by atoms with van der Waals surface area (Å²) in [5.74, 6) is -0.993. The summed E-state index contributed by atoms with van der Waals surface area (Å²) >= 11 is 1.37. The molecule has 0 bridgehead atoms. The number of carbonyl (C=O) groups is 2. The lowest BCUT2D eigenvalue weighted by molar-refractivity contribution is -0.384.